The van der Waals surface area contributed by atoms with Crippen molar-refractivity contribution in [2.45, 2.75) is 38.0 Å². The van der Waals surface area contributed by atoms with Gasteiger partial charge in [-0.05, 0) is 41.5 Å². The van der Waals surface area contributed by atoms with Crippen molar-refractivity contribution >= 4 is 11.6 Å². The van der Waals surface area contributed by atoms with Crippen LogP contribution in [-0.4, -0.2) is 0 Å². The van der Waals surface area contributed by atoms with Gasteiger partial charge in [0.1, 0.15) is 0 Å². The van der Waals surface area contributed by atoms with Gasteiger partial charge in [0, 0.05) is 0 Å². The predicted molar refractivity (Wildman–Crippen MR) is 83.8 cm³/mol. The monoisotopic (exact) mass is 308 g/mol. The van der Waals surface area contributed by atoms with E-state index in [1.807, 2.05) is 12.1 Å². The van der Waals surface area contributed by atoms with Crippen LogP contribution >= 0.6 is 11.6 Å². The van der Waals surface area contributed by atoms with Crippen LogP contribution in [0, 0.1) is 11.6 Å². The summed E-state index contributed by atoms with van der Waals surface area (Å²) in [5, 5.41) is -0.368. The molecule has 0 aliphatic rings. The number of hydrogen-bond donors (Lipinski definition) is 0. The third kappa shape index (κ3) is 3.82. The topological polar surface area (TPSA) is 0 Å². The van der Waals surface area contributed by atoms with E-state index in [0.29, 0.717) is 11.5 Å². The molecule has 0 aromatic heterocycles. The highest BCUT2D eigenvalue weighted by Gasteiger charge is 2.14. The molecule has 0 N–H and O–H groups in total. The summed E-state index contributed by atoms with van der Waals surface area (Å²) in [6, 6.07) is 12.2. The van der Waals surface area contributed by atoms with Gasteiger partial charge in [-0.3, -0.25) is 0 Å². The Kier molecular flexibility index (Phi) is 5.35. The molecule has 0 nitrogen and oxygen atoms in total. The molecule has 0 aliphatic carbocycles. The van der Waals surface area contributed by atoms with E-state index in [4.69, 9.17) is 11.6 Å². The van der Waals surface area contributed by atoms with Gasteiger partial charge in [-0.2, -0.15) is 0 Å². The molecule has 112 valence electrons. The van der Waals surface area contributed by atoms with Crippen LogP contribution in [0.3, 0.4) is 0 Å². The fraction of sp³-hybridized carbons (Fsp3) is 0.333. The van der Waals surface area contributed by atoms with Gasteiger partial charge in [-0.15, -0.1) is 11.6 Å². The van der Waals surface area contributed by atoms with Gasteiger partial charge >= 0.3 is 0 Å². The SMILES string of the molecule is CCC(C)c1ccc(C(Cl)Cc2cccc(F)c2F)cc1. The zero-order valence-electron chi connectivity index (χ0n) is 12.2. The molecule has 2 unspecified atom stereocenters. The van der Waals surface area contributed by atoms with Gasteiger partial charge in [0.2, 0.25) is 0 Å². The average Bonchev–Trinajstić information content (AvgIpc) is 2.51. The summed E-state index contributed by atoms with van der Waals surface area (Å²) in [6.45, 7) is 4.32. The van der Waals surface area contributed by atoms with Gasteiger partial charge in [0.25, 0.3) is 0 Å². The van der Waals surface area contributed by atoms with E-state index in [2.05, 4.69) is 26.0 Å². The Hall–Kier alpha value is -1.41. The van der Waals surface area contributed by atoms with E-state index in [9.17, 15) is 8.78 Å². The fourth-order valence-corrected chi connectivity index (χ4v) is 2.60. The molecule has 0 fully saturated rings. The highest BCUT2D eigenvalue weighted by molar-refractivity contribution is 6.20. The smallest absolute Gasteiger partial charge is 0.162 e. The molecule has 0 saturated heterocycles. The summed E-state index contributed by atoms with van der Waals surface area (Å²) in [5.41, 5.74) is 2.50. The Bertz CT molecular complexity index is 593. The molecule has 21 heavy (non-hydrogen) atoms. The first-order valence-corrected chi connectivity index (χ1v) is 7.63. The Morgan fingerprint density at radius 2 is 1.62 bits per heavy atom. The normalized spacial score (nSPS) is 14.0. The van der Waals surface area contributed by atoms with E-state index >= 15 is 0 Å². The van der Waals surface area contributed by atoms with Crippen LogP contribution in [0.5, 0.6) is 0 Å². The maximum atomic E-state index is 13.7. The van der Waals surface area contributed by atoms with Crippen molar-refractivity contribution in [3.05, 3.63) is 70.8 Å². The summed E-state index contributed by atoms with van der Waals surface area (Å²) in [7, 11) is 0. The summed E-state index contributed by atoms with van der Waals surface area (Å²) in [4.78, 5) is 0. The molecule has 0 bridgehead atoms. The highest BCUT2D eigenvalue weighted by atomic mass is 35.5. The maximum Gasteiger partial charge on any atom is 0.162 e. The Balaban J connectivity index is 2.13. The lowest BCUT2D eigenvalue weighted by Crippen LogP contribution is -2.01. The largest absolute Gasteiger partial charge is 0.204 e. The minimum Gasteiger partial charge on any atom is -0.204 e. The molecule has 2 aromatic rings. The molecular formula is C18H19ClF2. The second kappa shape index (κ2) is 7.04. The molecule has 0 radical (unpaired) electrons. The quantitative estimate of drug-likeness (QED) is 0.594. The second-order valence-electron chi connectivity index (χ2n) is 5.36. The lowest BCUT2D eigenvalue weighted by atomic mass is 9.96. The Labute approximate surface area is 129 Å². The minimum absolute atomic E-state index is 0.272. The van der Waals surface area contributed by atoms with Crippen LogP contribution in [0.25, 0.3) is 0 Å². The van der Waals surface area contributed by atoms with Gasteiger partial charge in [-0.25, -0.2) is 8.78 Å². The molecule has 0 spiro atoms. The lowest BCUT2D eigenvalue weighted by molar-refractivity contribution is 0.498. The molecule has 0 aliphatic heterocycles. The molecule has 0 saturated carbocycles. The summed E-state index contributed by atoms with van der Waals surface area (Å²) < 4.78 is 26.9. The van der Waals surface area contributed by atoms with Gasteiger partial charge in [-0.1, -0.05) is 50.2 Å². The van der Waals surface area contributed by atoms with E-state index < -0.39 is 11.6 Å². The van der Waals surface area contributed by atoms with Crippen molar-refractivity contribution in [2.75, 3.05) is 0 Å². The summed E-state index contributed by atoms with van der Waals surface area (Å²) in [6.07, 6.45) is 1.35. The molecular weight excluding hydrogens is 290 g/mol. The summed E-state index contributed by atoms with van der Waals surface area (Å²) >= 11 is 6.34. The first kappa shape index (κ1) is 16.0. The van der Waals surface area contributed by atoms with Crippen molar-refractivity contribution in [3.8, 4) is 0 Å². The molecule has 2 rings (SSSR count). The maximum absolute atomic E-state index is 13.7. The van der Waals surface area contributed by atoms with E-state index in [1.165, 1.54) is 11.6 Å². The van der Waals surface area contributed by atoms with Crippen LogP contribution in [-0.2, 0) is 6.42 Å². The van der Waals surface area contributed by atoms with Crippen LogP contribution in [0.15, 0.2) is 42.5 Å². The van der Waals surface area contributed by atoms with Crippen LogP contribution in [0.1, 0.15) is 48.3 Å². The molecule has 3 heteroatoms. The van der Waals surface area contributed by atoms with Gasteiger partial charge < -0.3 is 0 Å². The van der Waals surface area contributed by atoms with Crippen molar-refractivity contribution in [1.82, 2.24) is 0 Å². The first-order chi connectivity index (χ1) is 10.0. The van der Waals surface area contributed by atoms with Crippen molar-refractivity contribution in [2.24, 2.45) is 0 Å². The van der Waals surface area contributed by atoms with Gasteiger partial charge in [0.05, 0.1) is 5.38 Å². The van der Waals surface area contributed by atoms with Crippen LogP contribution in [0.4, 0.5) is 8.78 Å². The third-order valence-corrected chi connectivity index (χ3v) is 4.32. The van der Waals surface area contributed by atoms with Crippen molar-refractivity contribution < 1.29 is 8.78 Å². The minimum atomic E-state index is -0.830. The number of rotatable bonds is 5. The molecule has 0 heterocycles. The van der Waals surface area contributed by atoms with E-state index in [1.54, 1.807) is 6.07 Å². The summed E-state index contributed by atoms with van der Waals surface area (Å²) in [5.74, 6) is -1.13. The highest BCUT2D eigenvalue weighted by Crippen LogP contribution is 2.28. The molecule has 2 aromatic carbocycles. The van der Waals surface area contributed by atoms with E-state index in [-0.39, 0.29) is 11.8 Å². The van der Waals surface area contributed by atoms with Gasteiger partial charge in [0.15, 0.2) is 11.6 Å². The third-order valence-electron chi connectivity index (χ3n) is 3.91. The Morgan fingerprint density at radius 1 is 1.00 bits per heavy atom. The van der Waals surface area contributed by atoms with Crippen molar-refractivity contribution in [3.63, 3.8) is 0 Å². The molecule has 2 atom stereocenters. The predicted octanol–water partition coefficient (Wildman–Crippen LogP) is 6.00. The van der Waals surface area contributed by atoms with E-state index in [0.717, 1.165) is 18.1 Å². The van der Waals surface area contributed by atoms with Crippen LogP contribution in [0.2, 0.25) is 0 Å². The molecule has 0 amide bonds. The second-order valence-corrected chi connectivity index (χ2v) is 5.89. The first-order valence-electron chi connectivity index (χ1n) is 7.19. The Morgan fingerprint density at radius 3 is 2.24 bits per heavy atom. The van der Waals surface area contributed by atoms with Crippen molar-refractivity contribution in [1.29, 1.82) is 0 Å². The zero-order valence-corrected chi connectivity index (χ0v) is 13.0. The number of hydrogen-bond acceptors (Lipinski definition) is 0. The number of halogens is 3. The average molecular weight is 309 g/mol. The van der Waals surface area contributed by atoms with Crippen LogP contribution < -0.4 is 0 Å². The lowest BCUT2D eigenvalue weighted by Gasteiger charge is -2.13. The fourth-order valence-electron chi connectivity index (χ4n) is 2.29. The number of benzene rings is 2. The number of alkyl halides is 1. The standard InChI is InChI=1S/C18H19ClF2/c1-3-12(2)13-7-9-14(10-8-13)16(19)11-15-5-4-6-17(20)18(15)21/h4-10,12,16H,3,11H2,1-2H3. The zero-order chi connectivity index (χ0) is 15.4.